The lowest BCUT2D eigenvalue weighted by molar-refractivity contribution is 0.189. The maximum absolute atomic E-state index is 6.96. The molecule has 4 nitrogen and oxygen atoms in total. The molecule has 0 fully saturated rings. The highest BCUT2D eigenvalue weighted by Gasteiger charge is 2.47. The summed E-state index contributed by atoms with van der Waals surface area (Å²) in [5.41, 5.74) is 4.98. The molecule has 0 bridgehead atoms. The summed E-state index contributed by atoms with van der Waals surface area (Å²) in [7, 11) is -0.351. The maximum atomic E-state index is 6.96. The van der Waals surface area contributed by atoms with Gasteiger partial charge in [0.25, 0.3) is 8.32 Å². The fraction of sp³-hybridized carbons (Fsp3) is 0.351. The molecule has 6 heteroatoms. The first-order chi connectivity index (χ1) is 20.7. The van der Waals surface area contributed by atoms with Gasteiger partial charge in [0.2, 0.25) is 0 Å². The van der Waals surface area contributed by atoms with Crippen LogP contribution in [0.5, 0.6) is 23.0 Å². The quantitative estimate of drug-likeness (QED) is 0.158. The number of hydrogen-bond donors (Lipinski definition) is 0. The van der Waals surface area contributed by atoms with Crippen molar-refractivity contribution in [3.8, 4) is 23.0 Å². The smallest absolute Gasteiger partial charge is 0.258 e. The maximum Gasteiger partial charge on any atom is 0.258 e. The molecular weight excluding hydrogens is 569 g/mol. The zero-order chi connectivity index (χ0) is 30.6. The van der Waals surface area contributed by atoms with Crippen molar-refractivity contribution in [2.45, 2.75) is 81.0 Å². The summed E-state index contributed by atoms with van der Waals surface area (Å²) in [6.07, 6.45) is -0.188. The van der Waals surface area contributed by atoms with Crippen LogP contribution in [0.25, 0.3) is 0 Å². The molecule has 4 aromatic rings. The molecule has 1 aliphatic rings. The molecule has 1 aliphatic heterocycles. The molecule has 0 unspecified atom stereocenters. The lowest BCUT2D eigenvalue weighted by atomic mass is 10.00. The summed E-state index contributed by atoms with van der Waals surface area (Å²) >= 11 is 1.83. The molecule has 43 heavy (non-hydrogen) atoms. The minimum absolute atomic E-state index is 0.0664. The average Bonchev–Trinajstić information content (AvgIpc) is 3.02. The van der Waals surface area contributed by atoms with E-state index < -0.39 is 8.32 Å². The van der Waals surface area contributed by atoms with Crippen LogP contribution in [0, 0.1) is 0 Å². The van der Waals surface area contributed by atoms with Gasteiger partial charge in [-0.3, -0.25) is 0 Å². The van der Waals surface area contributed by atoms with E-state index in [-0.39, 0.29) is 11.4 Å². The summed E-state index contributed by atoms with van der Waals surface area (Å²) in [5, 5.41) is 0.0664. The van der Waals surface area contributed by atoms with Crippen molar-refractivity contribution >= 4 is 20.1 Å². The van der Waals surface area contributed by atoms with Gasteiger partial charge in [0.1, 0.15) is 35.7 Å². The fourth-order valence-corrected chi connectivity index (χ4v) is 13.0. The number of rotatable bonds is 11. The van der Waals surface area contributed by atoms with Crippen molar-refractivity contribution in [3.63, 3.8) is 0 Å². The van der Waals surface area contributed by atoms with E-state index in [9.17, 15) is 0 Å². The number of fused-ring (bicyclic) bond motifs is 1. The van der Waals surface area contributed by atoms with Gasteiger partial charge in [-0.15, -0.1) is 11.8 Å². The Morgan fingerprint density at radius 2 is 1.28 bits per heavy atom. The first-order valence-electron chi connectivity index (χ1n) is 15.3. The molecule has 226 valence electrons. The Balaban J connectivity index is 1.44. The Kier molecular flexibility index (Phi) is 9.77. The summed E-state index contributed by atoms with van der Waals surface area (Å²) in [6.45, 7) is 14.4. The highest BCUT2D eigenvalue weighted by molar-refractivity contribution is 7.99. The minimum Gasteiger partial charge on any atom is -0.543 e. The van der Waals surface area contributed by atoms with Gasteiger partial charge in [0.05, 0.1) is 17.3 Å². The Hall–Kier alpha value is -3.35. The molecule has 0 aliphatic carbocycles. The highest BCUT2D eigenvalue weighted by atomic mass is 32.2. The van der Waals surface area contributed by atoms with Crippen molar-refractivity contribution < 1.29 is 18.6 Å². The fourth-order valence-electron chi connectivity index (χ4n) is 6.47. The molecule has 4 aromatic carbocycles. The van der Waals surface area contributed by atoms with Gasteiger partial charge in [0, 0.05) is 6.07 Å². The molecule has 0 aromatic heterocycles. The van der Waals surface area contributed by atoms with Crippen LogP contribution in [0.2, 0.25) is 16.6 Å². The van der Waals surface area contributed by atoms with Crippen LogP contribution in [-0.4, -0.2) is 15.4 Å². The van der Waals surface area contributed by atoms with Crippen molar-refractivity contribution in [1.29, 1.82) is 0 Å². The first-order valence-corrected chi connectivity index (χ1v) is 18.3. The van der Waals surface area contributed by atoms with E-state index >= 15 is 0 Å². The largest absolute Gasteiger partial charge is 0.543 e. The average molecular weight is 613 g/mol. The lowest BCUT2D eigenvalue weighted by Gasteiger charge is -2.42. The van der Waals surface area contributed by atoms with Crippen LogP contribution in [0.4, 0.5) is 0 Å². The van der Waals surface area contributed by atoms with Gasteiger partial charge in [-0.2, -0.15) is 0 Å². The van der Waals surface area contributed by atoms with E-state index in [1.54, 1.807) is 7.11 Å². The van der Waals surface area contributed by atoms with Crippen molar-refractivity contribution in [3.05, 3.63) is 114 Å². The molecule has 1 heterocycles. The second kappa shape index (κ2) is 13.5. The van der Waals surface area contributed by atoms with E-state index in [2.05, 4.69) is 96.1 Å². The van der Waals surface area contributed by atoms with Gasteiger partial charge in [0.15, 0.2) is 0 Å². The van der Waals surface area contributed by atoms with Crippen LogP contribution >= 0.6 is 11.8 Å². The predicted molar refractivity (Wildman–Crippen MR) is 180 cm³/mol. The Bertz CT molecular complexity index is 1450. The summed E-state index contributed by atoms with van der Waals surface area (Å²) in [5.74, 6) is 3.44. The molecule has 0 spiro atoms. The predicted octanol–water partition coefficient (Wildman–Crippen LogP) is 10.8. The summed E-state index contributed by atoms with van der Waals surface area (Å²) in [4.78, 5) is 1.10. The molecule has 0 amide bonds. The monoisotopic (exact) mass is 612 g/mol. The molecular formula is C37H44O4SSi. The third kappa shape index (κ3) is 6.76. The minimum atomic E-state index is -2.05. The summed E-state index contributed by atoms with van der Waals surface area (Å²) < 4.78 is 25.4. The van der Waals surface area contributed by atoms with E-state index in [0.29, 0.717) is 23.2 Å². The number of thioether (sulfide) groups is 1. The molecule has 0 N–H and O–H groups in total. The Morgan fingerprint density at radius 1 is 0.698 bits per heavy atom. The van der Waals surface area contributed by atoms with Gasteiger partial charge in [-0.1, -0.05) is 96.1 Å². The Labute approximate surface area is 262 Å². The van der Waals surface area contributed by atoms with Gasteiger partial charge in [-0.05, 0) is 69.7 Å². The van der Waals surface area contributed by atoms with E-state index in [1.807, 2.05) is 54.2 Å². The van der Waals surface area contributed by atoms with Crippen LogP contribution in [0.15, 0.2) is 102 Å². The number of methoxy groups -OCH3 is 1. The second-order valence-corrected chi connectivity index (χ2v) is 18.8. The van der Waals surface area contributed by atoms with Crippen LogP contribution in [-0.2, 0) is 6.61 Å². The van der Waals surface area contributed by atoms with E-state index in [0.717, 1.165) is 39.0 Å². The topological polar surface area (TPSA) is 36.9 Å². The number of ether oxygens (including phenoxy) is 3. The molecule has 2 atom stereocenters. The van der Waals surface area contributed by atoms with E-state index in [1.165, 1.54) is 5.56 Å². The zero-order valence-corrected chi connectivity index (χ0v) is 28.2. The zero-order valence-electron chi connectivity index (χ0n) is 26.4. The van der Waals surface area contributed by atoms with Gasteiger partial charge in [-0.25, -0.2) is 0 Å². The molecule has 0 saturated heterocycles. The first kappa shape index (κ1) is 31.1. The molecule has 0 saturated carbocycles. The lowest BCUT2D eigenvalue weighted by Crippen LogP contribution is -2.50. The van der Waals surface area contributed by atoms with Crippen LogP contribution in [0.3, 0.4) is 0 Å². The highest BCUT2D eigenvalue weighted by Crippen LogP contribution is 2.54. The molecule has 0 radical (unpaired) electrons. The third-order valence-corrected chi connectivity index (χ3v) is 16.0. The van der Waals surface area contributed by atoms with Crippen molar-refractivity contribution in [2.75, 3.05) is 7.11 Å². The normalized spacial score (nSPS) is 16.6. The summed E-state index contributed by atoms with van der Waals surface area (Å²) in [6, 6.07) is 33.3. The van der Waals surface area contributed by atoms with Crippen LogP contribution in [0.1, 0.15) is 69.6 Å². The van der Waals surface area contributed by atoms with Crippen LogP contribution < -0.4 is 18.6 Å². The van der Waals surface area contributed by atoms with Gasteiger partial charge >= 0.3 is 0 Å². The third-order valence-electron chi connectivity index (χ3n) is 8.60. The van der Waals surface area contributed by atoms with E-state index in [4.69, 9.17) is 18.6 Å². The van der Waals surface area contributed by atoms with Gasteiger partial charge < -0.3 is 18.6 Å². The Morgan fingerprint density at radius 3 is 1.88 bits per heavy atom. The van der Waals surface area contributed by atoms with Crippen molar-refractivity contribution in [2.24, 2.45) is 0 Å². The number of benzene rings is 4. The van der Waals surface area contributed by atoms with Crippen molar-refractivity contribution in [1.82, 2.24) is 0 Å². The standard InChI is InChI=1S/C37H44O4SSi/c1-25(2)43(26(3)4,27(5)6)41-32-19-13-29(14-20-32)36-37(30-15-17-31(38-7)18-16-30)42-35-22-21-33(23-34(35)40-36)39-24-28-11-9-8-10-12-28/h8-23,25-27,36-37H,24H2,1-7H3/t36-,37+/m1/s1. The SMILES string of the molecule is COc1ccc([C@@H]2Sc3ccc(OCc4ccccc4)cc3O[C@@H]2c2ccc(O[Si](C(C)C)(C(C)C)C(C)C)cc2)cc1. The molecule has 5 rings (SSSR count). The second-order valence-electron chi connectivity index (χ2n) is 12.2. The number of hydrogen-bond acceptors (Lipinski definition) is 5.